The number of anilines is 3. The lowest BCUT2D eigenvalue weighted by Crippen LogP contribution is -2.49. The van der Waals surface area contributed by atoms with Crippen molar-refractivity contribution < 1.29 is 14.3 Å². The zero-order valence-electron chi connectivity index (χ0n) is 30.4. The molecule has 55 heavy (non-hydrogen) atoms. The van der Waals surface area contributed by atoms with Gasteiger partial charge in [-0.2, -0.15) is 10.4 Å². The normalized spacial score (nSPS) is 21.2. The van der Waals surface area contributed by atoms with Crippen LogP contribution in [0.1, 0.15) is 49.1 Å². The number of piperidine rings is 2. The monoisotopic (exact) mass is 758 g/mol. The summed E-state index contributed by atoms with van der Waals surface area (Å²) >= 11 is 1.60. The largest absolute Gasteiger partial charge is 0.379 e. The summed E-state index contributed by atoms with van der Waals surface area (Å²) in [6.07, 6.45) is 9.30. The summed E-state index contributed by atoms with van der Waals surface area (Å²) in [4.78, 5) is 40.6. The molecule has 4 saturated heterocycles. The smallest absolute Gasteiger partial charge is 0.234 e. The molecule has 5 aromatic rings. The summed E-state index contributed by atoms with van der Waals surface area (Å²) in [6, 6.07) is 14.1. The molecule has 9 rings (SSSR count). The van der Waals surface area contributed by atoms with Crippen LogP contribution in [0.5, 0.6) is 0 Å². The molecule has 0 bridgehead atoms. The van der Waals surface area contributed by atoms with Gasteiger partial charge in [-0.3, -0.25) is 24.8 Å². The first-order valence-corrected chi connectivity index (χ1v) is 19.9. The number of fused-ring (bicyclic) bond motifs is 1. The highest BCUT2D eigenvalue weighted by Crippen LogP contribution is 2.37. The zero-order valence-corrected chi connectivity index (χ0v) is 31.2. The molecular formula is C39H42N12O3S. The average molecular weight is 759 g/mol. The summed E-state index contributed by atoms with van der Waals surface area (Å²) in [7, 11) is 0. The van der Waals surface area contributed by atoms with E-state index in [0.717, 1.165) is 121 Å². The molecule has 2 amide bonds. The molecule has 2 atom stereocenters. The van der Waals surface area contributed by atoms with E-state index in [1.165, 1.54) is 0 Å². The van der Waals surface area contributed by atoms with Gasteiger partial charge < -0.3 is 19.9 Å². The maximum absolute atomic E-state index is 12.3. The van der Waals surface area contributed by atoms with Crippen molar-refractivity contribution in [2.45, 2.75) is 44.1 Å². The Balaban J connectivity index is 0.805. The second kappa shape index (κ2) is 15.3. The third kappa shape index (κ3) is 7.47. The molecule has 2 N–H and O–H groups in total. The van der Waals surface area contributed by atoms with E-state index in [9.17, 15) is 14.9 Å². The van der Waals surface area contributed by atoms with Crippen LogP contribution in [0.3, 0.4) is 0 Å². The van der Waals surface area contributed by atoms with Gasteiger partial charge >= 0.3 is 0 Å². The predicted molar refractivity (Wildman–Crippen MR) is 208 cm³/mol. The Kier molecular flexibility index (Phi) is 9.81. The van der Waals surface area contributed by atoms with E-state index in [-0.39, 0.29) is 23.8 Å². The number of amides is 2. The molecule has 0 aromatic carbocycles. The number of nitriles is 1. The van der Waals surface area contributed by atoms with Gasteiger partial charge in [-0.15, -0.1) is 10.2 Å². The molecule has 15 nitrogen and oxygen atoms in total. The molecule has 4 fully saturated rings. The Morgan fingerprint density at radius 3 is 2.56 bits per heavy atom. The highest BCUT2D eigenvalue weighted by atomic mass is 32.1. The maximum atomic E-state index is 12.3. The quantitative estimate of drug-likeness (QED) is 0.208. The van der Waals surface area contributed by atoms with E-state index in [0.29, 0.717) is 30.9 Å². The molecular weight excluding hydrogens is 717 g/mol. The number of hydrogen-bond donors (Lipinski definition) is 2. The van der Waals surface area contributed by atoms with E-state index in [1.54, 1.807) is 23.7 Å². The lowest BCUT2D eigenvalue weighted by Gasteiger charge is -2.39. The van der Waals surface area contributed by atoms with Crippen LogP contribution in [-0.4, -0.2) is 112 Å². The summed E-state index contributed by atoms with van der Waals surface area (Å²) in [6.45, 7) is 8.17. The number of pyridine rings is 2. The first-order valence-electron chi connectivity index (χ1n) is 19.1. The van der Waals surface area contributed by atoms with Gasteiger partial charge in [0.2, 0.25) is 16.9 Å². The molecule has 0 saturated carbocycles. The predicted octanol–water partition coefficient (Wildman–Crippen LogP) is 3.94. The third-order valence-corrected chi connectivity index (χ3v) is 12.3. The van der Waals surface area contributed by atoms with Crippen molar-refractivity contribution in [3.63, 3.8) is 0 Å². The molecule has 282 valence electrons. The fourth-order valence-corrected chi connectivity index (χ4v) is 9.01. The minimum atomic E-state index is -0.306. The second-order valence-electron chi connectivity index (χ2n) is 14.8. The fourth-order valence-electron chi connectivity index (χ4n) is 8.09. The average Bonchev–Trinajstić information content (AvgIpc) is 4.01. The Morgan fingerprint density at radius 2 is 1.80 bits per heavy atom. The van der Waals surface area contributed by atoms with E-state index in [4.69, 9.17) is 14.7 Å². The highest BCUT2D eigenvalue weighted by molar-refractivity contribution is 7.18. The molecule has 4 aliphatic heterocycles. The van der Waals surface area contributed by atoms with Crippen LogP contribution in [0.25, 0.3) is 27.5 Å². The maximum Gasteiger partial charge on any atom is 0.234 e. The Morgan fingerprint density at radius 1 is 0.927 bits per heavy atom. The van der Waals surface area contributed by atoms with Crippen LogP contribution >= 0.6 is 11.3 Å². The van der Waals surface area contributed by atoms with Crippen LogP contribution in [0.15, 0.2) is 55.0 Å². The van der Waals surface area contributed by atoms with Crippen LogP contribution in [-0.2, 0) is 14.3 Å². The van der Waals surface area contributed by atoms with Gasteiger partial charge in [0.1, 0.15) is 11.9 Å². The molecule has 5 aromatic heterocycles. The fraction of sp³-hybridized carbons (Fsp3) is 0.436. The molecule has 0 spiro atoms. The van der Waals surface area contributed by atoms with Crippen LogP contribution in [0.2, 0.25) is 0 Å². The van der Waals surface area contributed by atoms with Crippen LogP contribution < -0.4 is 20.4 Å². The highest BCUT2D eigenvalue weighted by Gasteiger charge is 2.30. The van der Waals surface area contributed by atoms with E-state index in [2.05, 4.69) is 52.8 Å². The van der Waals surface area contributed by atoms with Gasteiger partial charge in [-0.1, -0.05) is 17.4 Å². The number of aromatic nitrogens is 6. The minimum Gasteiger partial charge on any atom is -0.379 e. The first kappa shape index (κ1) is 35.2. The standard InChI is InChI=1S/C39H42N12O3S/c40-19-26-17-29-2-4-34(51(29)43-20-26)33-18-32(44-28-9-16-54-24-28)31(22-41-33)38-46-47-39(55-38)50-14-12-48(13-15-50)23-25-7-10-49(11-8-25)35-5-1-27(21-42-35)30-3-6-36(52)45-37(30)53/h1-2,4-5,17-18,20-22,25,28,30H,3,6-16,23-24H2,(H,41,44)(H,45,52,53)/t28-,30?/m0/s1. The van der Waals surface area contributed by atoms with Crippen LogP contribution in [0.4, 0.5) is 16.6 Å². The number of ether oxygens (including phenoxy) is 1. The van der Waals surface area contributed by atoms with Gasteiger partial charge in [-0.05, 0) is 67.5 Å². The van der Waals surface area contributed by atoms with Crippen LogP contribution in [0, 0.1) is 17.2 Å². The molecule has 16 heteroatoms. The molecule has 4 aliphatic rings. The van der Waals surface area contributed by atoms with E-state index >= 15 is 0 Å². The number of carbonyl (C=O) groups excluding carboxylic acids is 2. The number of imide groups is 1. The molecule has 9 heterocycles. The van der Waals surface area contributed by atoms with Gasteiger partial charge in [0, 0.05) is 76.9 Å². The molecule has 0 aliphatic carbocycles. The van der Waals surface area contributed by atoms with Gasteiger partial charge in [0.05, 0.1) is 52.8 Å². The van der Waals surface area contributed by atoms with Crippen molar-refractivity contribution >= 4 is 45.3 Å². The summed E-state index contributed by atoms with van der Waals surface area (Å²) < 4.78 is 7.48. The summed E-state index contributed by atoms with van der Waals surface area (Å²) in [5, 5.41) is 31.0. The van der Waals surface area contributed by atoms with Gasteiger partial charge in [0.15, 0.2) is 5.01 Å². The van der Waals surface area contributed by atoms with Crippen molar-refractivity contribution in [3.8, 4) is 28.0 Å². The van der Waals surface area contributed by atoms with E-state index in [1.807, 2.05) is 41.0 Å². The van der Waals surface area contributed by atoms with Crippen molar-refractivity contribution in [1.29, 1.82) is 5.26 Å². The zero-order chi connectivity index (χ0) is 37.3. The third-order valence-electron chi connectivity index (χ3n) is 11.2. The van der Waals surface area contributed by atoms with Crippen molar-refractivity contribution in [3.05, 3.63) is 66.1 Å². The molecule has 1 unspecified atom stereocenters. The molecule has 0 radical (unpaired) electrons. The summed E-state index contributed by atoms with van der Waals surface area (Å²) in [5.41, 5.74) is 5.67. The number of hydrogen-bond acceptors (Lipinski definition) is 14. The summed E-state index contributed by atoms with van der Waals surface area (Å²) in [5.74, 6) is 0.858. The van der Waals surface area contributed by atoms with Gasteiger partial charge in [0.25, 0.3) is 0 Å². The number of nitrogens with zero attached hydrogens (tertiary/aromatic N) is 10. The van der Waals surface area contributed by atoms with Crippen molar-refractivity contribution in [2.75, 3.05) is 74.1 Å². The SMILES string of the molecule is N#Cc1cnn2c(-c3cc(N[C@H]4CCOC4)c(-c4nnc(N5CCN(CC6CCN(c7ccc(C8CCC(=O)NC8=O)cn7)CC6)CC5)s4)cn3)ccc2c1. The van der Waals surface area contributed by atoms with Gasteiger partial charge in [-0.25, -0.2) is 9.50 Å². The van der Waals surface area contributed by atoms with Crippen molar-refractivity contribution in [1.82, 2.24) is 40.0 Å². The number of rotatable bonds is 9. The lowest BCUT2D eigenvalue weighted by atomic mass is 9.91. The second-order valence-corrected chi connectivity index (χ2v) is 15.7. The number of piperazine rings is 1. The Hall–Kier alpha value is -5.50. The first-order chi connectivity index (χ1) is 27.0. The lowest BCUT2D eigenvalue weighted by molar-refractivity contribution is -0.134. The number of nitrogens with one attached hydrogen (secondary N) is 2. The van der Waals surface area contributed by atoms with E-state index < -0.39 is 0 Å². The topological polar surface area (TPSA) is 170 Å². The Bertz CT molecular complexity index is 2230. The van der Waals surface area contributed by atoms with Crippen molar-refractivity contribution in [2.24, 2.45) is 5.92 Å². The number of carbonyl (C=O) groups is 2. The minimum absolute atomic E-state index is 0.192. The Labute approximate surface area is 322 Å².